The summed E-state index contributed by atoms with van der Waals surface area (Å²) in [6.45, 7) is 4.67. The predicted octanol–water partition coefficient (Wildman–Crippen LogP) is 4.17. The highest BCUT2D eigenvalue weighted by atomic mass is 35.5. The average molecular weight is 351 g/mol. The third kappa shape index (κ3) is 5.23. The van der Waals surface area contributed by atoms with Crippen molar-refractivity contribution in [2.24, 2.45) is 5.92 Å². The molecule has 2 rings (SSSR count). The molecule has 0 aromatic heterocycles. The molecule has 1 aliphatic heterocycles. The van der Waals surface area contributed by atoms with Crippen molar-refractivity contribution in [3.63, 3.8) is 0 Å². The number of anilines is 1. The SMILES string of the molecule is CCCCCC[C@@H](C)NC(=O)[C@H]1CC(=O)N(c2ccc(Cl)cc2)C1. The van der Waals surface area contributed by atoms with Crippen LogP contribution in [0.4, 0.5) is 5.69 Å². The summed E-state index contributed by atoms with van der Waals surface area (Å²) in [5.74, 6) is -0.290. The molecule has 0 saturated carbocycles. The van der Waals surface area contributed by atoms with Crippen LogP contribution in [0, 0.1) is 5.92 Å². The number of carbonyl (C=O) groups is 2. The molecule has 1 saturated heterocycles. The molecule has 2 atom stereocenters. The number of unbranched alkanes of at least 4 members (excludes halogenated alkanes) is 3. The zero-order valence-electron chi connectivity index (χ0n) is 14.6. The van der Waals surface area contributed by atoms with Gasteiger partial charge in [0, 0.05) is 29.7 Å². The molecule has 1 aliphatic rings. The van der Waals surface area contributed by atoms with Crippen molar-refractivity contribution in [1.29, 1.82) is 0 Å². The Morgan fingerprint density at radius 3 is 2.67 bits per heavy atom. The summed E-state index contributed by atoms with van der Waals surface area (Å²) in [6.07, 6.45) is 6.07. The standard InChI is InChI=1S/C19H27ClN2O2/c1-3-4-5-6-7-14(2)21-19(24)15-12-18(23)22(13-15)17-10-8-16(20)9-11-17/h8-11,14-15H,3-7,12-13H2,1-2H3,(H,21,24)/t14-,15+/m1/s1. The number of hydrogen-bond donors (Lipinski definition) is 1. The fourth-order valence-corrected chi connectivity index (χ4v) is 3.19. The first-order chi connectivity index (χ1) is 11.5. The molecule has 0 unspecified atom stereocenters. The monoisotopic (exact) mass is 350 g/mol. The van der Waals surface area contributed by atoms with E-state index in [4.69, 9.17) is 11.6 Å². The molecule has 4 nitrogen and oxygen atoms in total. The van der Waals surface area contributed by atoms with E-state index in [1.54, 1.807) is 17.0 Å². The summed E-state index contributed by atoms with van der Waals surface area (Å²) in [4.78, 5) is 26.3. The minimum absolute atomic E-state index is 0.00642. The van der Waals surface area contributed by atoms with E-state index in [-0.39, 0.29) is 30.2 Å². The largest absolute Gasteiger partial charge is 0.353 e. The van der Waals surface area contributed by atoms with Crippen molar-refractivity contribution in [3.8, 4) is 0 Å². The van der Waals surface area contributed by atoms with Crippen LogP contribution in [-0.4, -0.2) is 24.4 Å². The van der Waals surface area contributed by atoms with Gasteiger partial charge in [-0.1, -0.05) is 44.2 Å². The van der Waals surface area contributed by atoms with Crippen LogP contribution >= 0.6 is 11.6 Å². The minimum atomic E-state index is -0.272. The summed E-state index contributed by atoms with van der Waals surface area (Å²) in [5, 5.41) is 3.70. The molecule has 0 radical (unpaired) electrons. The van der Waals surface area contributed by atoms with E-state index in [1.165, 1.54) is 19.3 Å². The first-order valence-electron chi connectivity index (χ1n) is 8.87. The molecular weight excluding hydrogens is 324 g/mol. The van der Waals surface area contributed by atoms with Crippen molar-refractivity contribution in [2.75, 3.05) is 11.4 Å². The smallest absolute Gasteiger partial charge is 0.227 e. The lowest BCUT2D eigenvalue weighted by Gasteiger charge is -2.18. The van der Waals surface area contributed by atoms with Gasteiger partial charge in [0.25, 0.3) is 0 Å². The summed E-state index contributed by atoms with van der Waals surface area (Å²) < 4.78 is 0. The van der Waals surface area contributed by atoms with E-state index in [1.807, 2.05) is 19.1 Å². The van der Waals surface area contributed by atoms with Gasteiger partial charge >= 0.3 is 0 Å². The number of nitrogens with one attached hydrogen (secondary N) is 1. The molecular formula is C19H27ClN2O2. The number of benzene rings is 1. The van der Waals surface area contributed by atoms with Gasteiger partial charge in [-0.2, -0.15) is 0 Å². The maximum Gasteiger partial charge on any atom is 0.227 e. The fraction of sp³-hybridized carbons (Fsp3) is 0.579. The number of nitrogens with zero attached hydrogens (tertiary/aromatic N) is 1. The van der Waals surface area contributed by atoms with Crippen LogP contribution in [0.25, 0.3) is 0 Å². The van der Waals surface area contributed by atoms with E-state index in [0.29, 0.717) is 11.6 Å². The van der Waals surface area contributed by atoms with Gasteiger partial charge in [-0.3, -0.25) is 9.59 Å². The zero-order chi connectivity index (χ0) is 17.5. The number of carbonyl (C=O) groups excluding carboxylic acids is 2. The molecule has 2 amide bonds. The topological polar surface area (TPSA) is 49.4 Å². The molecule has 1 N–H and O–H groups in total. The maximum atomic E-state index is 12.4. The third-order valence-corrected chi connectivity index (χ3v) is 4.77. The Kier molecular flexibility index (Phi) is 7.10. The molecule has 24 heavy (non-hydrogen) atoms. The van der Waals surface area contributed by atoms with Gasteiger partial charge in [-0.15, -0.1) is 0 Å². The van der Waals surface area contributed by atoms with Gasteiger partial charge in [-0.05, 0) is 37.6 Å². The highest BCUT2D eigenvalue weighted by Gasteiger charge is 2.35. The van der Waals surface area contributed by atoms with Crippen molar-refractivity contribution in [1.82, 2.24) is 5.32 Å². The first-order valence-corrected chi connectivity index (χ1v) is 9.25. The Morgan fingerprint density at radius 1 is 1.29 bits per heavy atom. The number of amides is 2. The van der Waals surface area contributed by atoms with Crippen molar-refractivity contribution < 1.29 is 9.59 Å². The summed E-state index contributed by atoms with van der Waals surface area (Å²) in [6, 6.07) is 7.31. The van der Waals surface area contributed by atoms with Gasteiger partial charge in [-0.25, -0.2) is 0 Å². The van der Waals surface area contributed by atoms with Gasteiger partial charge in [0.1, 0.15) is 0 Å². The highest BCUT2D eigenvalue weighted by Crippen LogP contribution is 2.26. The fourth-order valence-electron chi connectivity index (χ4n) is 3.06. The van der Waals surface area contributed by atoms with Crippen LogP contribution in [0.3, 0.4) is 0 Å². The third-order valence-electron chi connectivity index (χ3n) is 4.51. The summed E-state index contributed by atoms with van der Waals surface area (Å²) in [5.41, 5.74) is 0.798. The first kappa shape index (κ1) is 18.8. The summed E-state index contributed by atoms with van der Waals surface area (Å²) >= 11 is 5.88. The average Bonchev–Trinajstić information content (AvgIpc) is 2.94. The Morgan fingerprint density at radius 2 is 2.00 bits per heavy atom. The Hall–Kier alpha value is -1.55. The van der Waals surface area contributed by atoms with Crippen LogP contribution in [0.2, 0.25) is 5.02 Å². The lowest BCUT2D eigenvalue weighted by molar-refractivity contribution is -0.126. The molecule has 1 aromatic carbocycles. The normalized spacial score (nSPS) is 18.7. The lowest BCUT2D eigenvalue weighted by Crippen LogP contribution is -2.38. The Bertz CT molecular complexity index is 559. The van der Waals surface area contributed by atoms with Crippen LogP contribution in [0.1, 0.15) is 52.4 Å². The van der Waals surface area contributed by atoms with E-state index in [0.717, 1.165) is 18.5 Å². The van der Waals surface area contributed by atoms with Crippen molar-refractivity contribution in [2.45, 2.75) is 58.4 Å². The number of rotatable bonds is 8. The molecule has 5 heteroatoms. The second-order valence-corrected chi connectivity index (χ2v) is 7.08. The van der Waals surface area contributed by atoms with Gasteiger partial charge in [0.05, 0.1) is 5.92 Å². The molecule has 0 bridgehead atoms. The predicted molar refractivity (Wildman–Crippen MR) is 98.3 cm³/mol. The van der Waals surface area contributed by atoms with E-state index < -0.39 is 0 Å². The molecule has 0 aliphatic carbocycles. The Balaban J connectivity index is 1.83. The lowest BCUT2D eigenvalue weighted by atomic mass is 10.1. The molecule has 1 heterocycles. The quantitative estimate of drug-likeness (QED) is 0.715. The van der Waals surface area contributed by atoms with Crippen molar-refractivity contribution >= 4 is 29.1 Å². The van der Waals surface area contributed by atoms with Gasteiger partial charge in [0.2, 0.25) is 11.8 Å². The summed E-state index contributed by atoms with van der Waals surface area (Å²) in [7, 11) is 0. The van der Waals surface area contributed by atoms with Crippen LogP contribution in [-0.2, 0) is 9.59 Å². The highest BCUT2D eigenvalue weighted by molar-refractivity contribution is 6.30. The molecule has 0 spiro atoms. The van der Waals surface area contributed by atoms with E-state index in [9.17, 15) is 9.59 Å². The second kappa shape index (κ2) is 9.07. The molecule has 132 valence electrons. The molecule has 1 fully saturated rings. The van der Waals surface area contributed by atoms with Crippen LogP contribution < -0.4 is 10.2 Å². The van der Waals surface area contributed by atoms with Crippen molar-refractivity contribution in [3.05, 3.63) is 29.3 Å². The van der Waals surface area contributed by atoms with Gasteiger partial charge in [0.15, 0.2) is 0 Å². The van der Waals surface area contributed by atoms with Crippen LogP contribution in [0.5, 0.6) is 0 Å². The Labute approximate surface area is 149 Å². The number of hydrogen-bond acceptors (Lipinski definition) is 2. The van der Waals surface area contributed by atoms with Gasteiger partial charge < -0.3 is 10.2 Å². The van der Waals surface area contributed by atoms with Crippen LogP contribution in [0.15, 0.2) is 24.3 Å². The maximum absolute atomic E-state index is 12.4. The van der Waals surface area contributed by atoms with E-state index >= 15 is 0 Å². The van der Waals surface area contributed by atoms with E-state index in [2.05, 4.69) is 12.2 Å². The number of halogens is 1. The zero-order valence-corrected chi connectivity index (χ0v) is 15.3. The molecule has 1 aromatic rings. The second-order valence-electron chi connectivity index (χ2n) is 6.64. The minimum Gasteiger partial charge on any atom is -0.353 e.